The standard InChI is InChI=1S/C4H7BN2O/c1-6-4(8)2-7-3-5-7/h3H,2H2,1H3,(H,6,8). The summed E-state index contributed by atoms with van der Waals surface area (Å²) in [6.45, 7) is 0.469. The minimum atomic E-state index is 0.0509. The summed E-state index contributed by atoms with van der Waals surface area (Å²) in [7, 11) is 3.49. The van der Waals surface area contributed by atoms with Gasteiger partial charge in [0.25, 0.3) is 0 Å². The summed E-state index contributed by atoms with van der Waals surface area (Å²) < 4.78 is 0. The van der Waals surface area contributed by atoms with Gasteiger partial charge in [-0.1, -0.05) is 0 Å². The molecule has 1 rings (SSSR count). The molecule has 0 aromatic carbocycles. The van der Waals surface area contributed by atoms with Crippen molar-refractivity contribution in [2.45, 2.75) is 0 Å². The zero-order valence-corrected chi connectivity index (χ0v) is 4.72. The molecule has 0 aromatic rings. The predicted octanol–water partition coefficient (Wildman–Crippen LogP) is -1.57. The van der Waals surface area contributed by atoms with Crippen LogP contribution >= 0.6 is 0 Å². The van der Waals surface area contributed by atoms with Crippen molar-refractivity contribution in [3.05, 3.63) is 0 Å². The molecule has 0 bridgehead atoms. The number of hydrogen-bond donors (Lipinski definition) is 1. The number of hydrogen-bond acceptors (Lipinski definition) is 2. The molecule has 1 N–H and O–H groups in total. The second kappa shape index (κ2) is 1.98. The molecule has 1 amide bonds. The first kappa shape index (κ1) is 5.34. The number of nitrogens with zero attached hydrogens (tertiary/aromatic N) is 1. The van der Waals surface area contributed by atoms with Gasteiger partial charge in [0.05, 0.1) is 0 Å². The van der Waals surface area contributed by atoms with Crippen LogP contribution in [-0.4, -0.2) is 37.5 Å². The van der Waals surface area contributed by atoms with E-state index in [0.717, 1.165) is 0 Å². The fourth-order valence-electron chi connectivity index (χ4n) is 0.397. The van der Waals surface area contributed by atoms with Crippen molar-refractivity contribution in [2.75, 3.05) is 13.6 Å². The van der Waals surface area contributed by atoms with Crippen molar-refractivity contribution in [1.29, 1.82) is 0 Å². The van der Waals surface area contributed by atoms with E-state index in [4.69, 9.17) is 0 Å². The van der Waals surface area contributed by atoms with E-state index in [9.17, 15) is 4.79 Å². The van der Waals surface area contributed by atoms with Crippen LogP contribution in [0.5, 0.6) is 0 Å². The van der Waals surface area contributed by atoms with Crippen LogP contribution in [0.1, 0.15) is 0 Å². The third-order valence-corrected chi connectivity index (χ3v) is 0.965. The van der Waals surface area contributed by atoms with Gasteiger partial charge in [-0.3, -0.25) is 0 Å². The topological polar surface area (TPSA) is 32.1 Å². The van der Waals surface area contributed by atoms with Gasteiger partial charge in [-0.2, -0.15) is 0 Å². The van der Waals surface area contributed by atoms with Crippen LogP contribution in [0.4, 0.5) is 0 Å². The molecule has 1 heterocycles. The molecule has 4 heteroatoms. The van der Waals surface area contributed by atoms with E-state index < -0.39 is 0 Å². The van der Waals surface area contributed by atoms with Gasteiger partial charge in [-0.15, -0.1) is 0 Å². The number of rotatable bonds is 2. The monoisotopic (exact) mass is 110 g/mol. The number of carbonyl (C=O) groups excluding carboxylic acids is 1. The van der Waals surface area contributed by atoms with E-state index in [2.05, 4.69) is 5.32 Å². The van der Waals surface area contributed by atoms with E-state index in [0.29, 0.717) is 6.54 Å². The Labute approximate surface area is 48.6 Å². The first-order valence-corrected chi connectivity index (χ1v) is 2.47. The van der Waals surface area contributed by atoms with Gasteiger partial charge in [0.15, 0.2) is 0 Å². The van der Waals surface area contributed by atoms with Gasteiger partial charge in [0, 0.05) is 0 Å². The van der Waals surface area contributed by atoms with Gasteiger partial charge in [-0.05, 0) is 0 Å². The van der Waals surface area contributed by atoms with E-state index in [1.807, 2.05) is 18.0 Å². The normalized spacial score (nSPS) is 12.9. The van der Waals surface area contributed by atoms with Crippen LogP contribution in [0.2, 0.25) is 0 Å². The van der Waals surface area contributed by atoms with Crippen LogP contribution in [0, 0.1) is 0 Å². The van der Waals surface area contributed by atoms with E-state index in [1.165, 1.54) is 0 Å². The number of carbonyl (C=O) groups is 1. The Bertz CT molecular complexity index is 128. The molecule has 1 aliphatic heterocycles. The van der Waals surface area contributed by atoms with Crippen molar-refractivity contribution in [3.63, 3.8) is 0 Å². The molecule has 1 aliphatic rings. The van der Waals surface area contributed by atoms with Crippen LogP contribution in [0.15, 0.2) is 0 Å². The van der Waals surface area contributed by atoms with Gasteiger partial charge in [-0.25, -0.2) is 0 Å². The maximum atomic E-state index is 10.5. The fraction of sp³-hybridized carbons (Fsp3) is 0.500. The summed E-state index contributed by atoms with van der Waals surface area (Å²) >= 11 is 0. The molecule has 0 atom stereocenters. The third-order valence-electron chi connectivity index (χ3n) is 0.965. The predicted molar refractivity (Wildman–Crippen MR) is 32.6 cm³/mol. The van der Waals surface area contributed by atoms with Gasteiger partial charge >= 0.3 is 47.6 Å². The molecule has 8 heavy (non-hydrogen) atoms. The molecule has 0 aliphatic carbocycles. The fourth-order valence-corrected chi connectivity index (χ4v) is 0.397. The van der Waals surface area contributed by atoms with Crippen molar-refractivity contribution < 1.29 is 4.79 Å². The Morgan fingerprint density at radius 3 is 3.00 bits per heavy atom. The van der Waals surface area contributed by atoms with Crippen molar-refractivity contribution in [1.82, 2.24) is 10.1 Å². The molecule has 42 valence electrons. The van der Waals surface area contributed by atoms with Crippen molar-refractivity contribution in [2.24, 2.45) is 0 Å². The Balaban J connectivity index is 2.08. The maximum absolute atomic E-state index is 10.5. The van der Waals surface area contributed by atoms with Crippen molar-refractivity contribution in [3.8, 4) is 0 Å². The second-order valence-electron chi connectivity index (χ2n) is 1.64. The Morgan fingerprint density at radius 1 is 2.00 bits per heavy atom. The number of nitrogens with one attached hydrogen (secondary N) is 1. The molecular formula is C4H7BN2O. The summed E-state index contributed by atoms with van der Waals surface area (Å²) in [5.41, 5.74) is 0. The third kappa shape index (κ3) is 1.37. The average Bonchev–Trinajstić information content (AvgIpc) is 2.50. The molecule has 0 unspecified atom stereocenters. The molecule has 0 spiro atoms. The minimum absolute atomic E-state index is 0.0509. The van der Waals surface area contributed by atoms with Gasteiger partial charge in [0.1, 0.15) is 0 Å². The van der Waals surface area contributed by atoms with Crippen LogP contribution in [0.3, 0.4) is 0 Å². The zero-order valence-electron chi connectivity index (χ0n) is 4.72. The molecular weight excluding hydrogens is 103 g/mol. The van der Waals surface area contributed by atoms with Gasteiger partial charge < -0.3 is 0 Å². The van der Waals surface area contributed by atoms with E-state index in [1.54, 1.807) is 7.05 Å². The first-order valence-electron chi connectivity index (χ1n) is 2.47. The summed E-state index contributed by atoms with van der Waals surface area (Å²) in [4.78, 5) is 12.3. The molecule has 0 aromatic heterocycles. The Hall–Kier alpha value is -0.795. The van der Waals surface area contributed by atoms with E-state index in [-0.39, 0.29) is 5.91 Å². The number of amides is 1. The average molecular weight is 110 g/mol. The summed E-state index contributed by atoms with van der Waals surface area (Å²) in [6, 6.07) is 0. The van der Waals surface area contributed by atoms with E-state index >= 15 is 0 Å². The zero-order chi connectivity index (χ0) is 5.98. The molecule has 3 nitrogen and oxygen atoms in total. The number of likely N-dealkylation sites (N-methyl/N-ethyl adjacent to an activating group) is 1. The van der Waals surface area contributed by atoms with Crippen LogP contribution < -0.4 is 5.32 Å². The molecule has 0 saturated heterocycles. The first-order chi connectivity index (χ1) is 3.83. The molecule has 0 radical (unpaired) electrons. The van der Waals surface area contributed by atoms with Crippen molar-refractivity contribution >= 4 is 19.1 Å². The Kier molecular flexibility index (Phi) is 1.33. The quantitative estimate of drug-likeness (QED) is 0.435. The second-order valence-corrected chi connectivity index (χ2v) is 1.64. The summed E-state index contributed by atoms with van der Waals surface area (Å²) in [6.07, 6.45) is 1.86. The summed E-state index contributed by atoms with van der Waals surface area (Å²) in [5.74, 6) is 0.0509. The van der Waals surface area contributed by atoms with Crippen LogP contribution in [0.25, 0.3) is 0 Å². The van der Waals surface area contributed by atoms with Crippen LogP contribution in [-0.2, 0) is 4.79 Å². The molecule has 0 saturated carbocycles. The Morgan fingerprint density at radius 2 is 2.62 bits per heavy atom. The molecule has 0 fully saturated rings. The summed E-state index contributed by atoms with van der Waals surface area (Å²) in [5, 5.41) is 2.52. The van der Waals surface area contributed by atoms with Gasteiger partial charge in [0.2, 0.25) is 0 Å². The SMILES string of the molecule is CNC(=O)CN1B=C1.